The Labute approximate surface area is 92.9 Å². The molecule has 1 aromatic carbocycles. The Morgan fingerprint density at radius 2 is 2.20 bits per heavy atom. The van der Waals surface area contributed by atoms with E-state index in [0.29, 0.717) is 5.02 Å². The maximum atomic E-state index is 10.1. The molecule has 0 radical (unpaired) electrons. The van der Waals surface area contributed by atoms with Crippen LogP contribution in [0.15, 0.2) is 36.5 Å². The SMILES string of the molecule is Cn1nccc1C(O)c1cccc(Cl)c1. The van der Waals surface area contributed by atoms with Crippen LogP contribution in [0, 0.1) is 0 Å². The molecule has 2 aromatic rings. The topological polar surface area (TPSA) is 38.0 Å². The van der Waals surface area contributed by atoms with E-state index in [1.807, 2.05) is 12.1 Å². The first kappa shape index (κ1) is 10.2. The maximum Gasteiger partial charge on any atom is 0.121 e. The molecule has 3 nitrogen and oxygen atoms in total. The number of aromatic nitrogens is 2. The average molecular weight is 223 g/mol. The molecule has 0 bridgehead atoms. The van der Waals surface area contributed by atoms with Crippen molar-refractivity contribution >= 4 is 11.6 Å². The predicted molar refractivity (Wildman–Crippen MR) is 58.7 cm³/mol. The lowest BCUT2D eigenvalue weighted by molar-refractivity contribution is 0.210. The van der Waals surface area contributed by atoms with E-state index in [2.05, 4.69) is 5.10 Å². The normalized spacial score (nSPS) is 12.7. The first-order valence-corrected chi connectivity index (χ1v) is 4.97. The lowest BCUT2D eigenvalue weighted by Crippen LogP contribution is -2.06. The molecule has 0 aliphatic rings. The summed E-state index contributed by atoms with van der Waals surface area (Å²) in [5, 5.41) is 14.7. The Kier molecular flexibility index (Phi) is 2.75. The fourth-order valence-corrected chi connectivity index (χ4v) is 1.70. The number of aliphatic hydroxyl groups excluding tert-OH is 1. The third-order valence-electron chi connectivity index (χ3n) is 2.30. The summed E-state index contributed by atoms with van der Waals surface area (Å²) in [6, 6.07) is 8.96. The number of aryl methyl sites for hydroxylation is 1. The van der Waals surface area contributed by atoms with Gasteiger partial charge in [-0.3, -0.25) is 4.68 Å². The van der Waals surface area contributed by atoms with E-state index in [9.17, 15) is 5.11 Å². The summed E-state index contributed by atoms with van der Waals surface area (Å²) in [4.78, 5) is 0. The molecular weight excluding hydrogens is 212 g/mol. The molecule has 0 saturated carbocycles. The summed E-state index contributed by atoms with van der Waals surface area (Å²) in [6.07, 6.45) is 0.972. The van der Waals surface area contributed by atoms with Crippen molar-refractivity contribution in [1.29, 1.82) is 0 Å². The Morgan fingerprint density at radius 3 is 2.80 bits per heavy atom. The van der Waals surface area contributed by atoms with E-state index in [1.54, 1.807) is 36.1 Å². The Hall–Kier alpha value is -1.32. The van der Waals surface area contributed by atoms with Crippen LogP contribution < -0.4 is 0 Å². The zero-order valence-corrected chi connectivity index (χ0v) is 9.02. The van der Waals surface area contributed by atoms with Gasteiger partial charge in [0.15, 0.2) is 0 Å². The van der Waals surface area contributed by atoms with Crippen molar-refractivity contribution in [1.82, 2.24) is 9.78 Å². The second-order valence-corrected chi connectivity index (χ2v) is 3.77. The molecule has 0 spiro atoms. The van der Waals surface area contributed by atoms with Crippen LogP contribution in [0.3, 0.4) is 0 Å². The van der Waals surface area contributed by atoms with Gasteiger partial charge in [-0.2, -0.15) is 5.10 Å². The molecule has 4 heteroatoms. The van der Waals surface area contributed by atoms with E-state index in [-0.39, 0.29) is 0 Å². The molecule has 1 aromatic heterocycles. The molecule has 0 aliphatic heterocycles. The largest absolute Gasteiger partial charge is 0.382 e. The molecule has 1 N–H and O–H groups in total. The van der Waals surface area contributed by atoms with Crippen LogP contribution in [0.4, 0.5) is 0 Å². The fraction of sp³-hybridized carbons (Fsp3) is 0.182. The summed E-state index contributed by atoms with van der Waals surface area (Å²) in [5.41, 5.74) is 1.52. The average Bonchev–Trinajstić information content (AvgIpc) is 2.63. The van der Waals surface area contributed by atoms with Gasteiger partial charge in [0.25, 0.3) is 0 Å². The summed E-state index contributed by atoms with van der Waals surface area (Å²) in [6.45, 7) is 0. The lowest BCUT2D eigenvalue weighted by atomic mass is 10.1. The standard InChI is InChI=1S/C11H11ClN2O/c1-14-10(5-6-13-14)11(15)8-3-2-4-9(12)7-8/h2-7,11,15H,1H3. The maximum absolute atomic E-state index is 10.1. The summed E-state index contributed by atoms with van der Waals surface area (Å²) >= 11 is 5.86. The minimum Gasteiger partial charge on any atom is -0.382 e. The van der Waals surface area contributed by atoms with Crippen molar-refractivity contribution in [2.24, 2.45) is 7.05 Å². The minimum absolute atomic E-state index is 0.619. The summed E-state index contributed by atoms with van der Waals surface area (Å²) < 4.78 is 1.64. The second-order valence-electron chi connectivity index (χ2n) is 3.34. The van der Waals surface area contributed by atoms with Gasteiger partial charge in [0, 0.05) is 18.3 Å². The number of halogens is 1. The Morgan fingerprint density at radius 1 is 1.40 bits per heavy atom. The first-order chi connectivity index (χ1) is 7.18. The molecule has 1 heterocycles. The molecule has 0 saturated heterocycles. The highest BCUT2D eigenvalue weighted by molar-refractivity contribution is 6.30. The van der Waals surface area contributed by atoms with Crippen molar-refractivity contribution in [3.05, 3.63) is 52.8 Å². The zero-order valence-electron chi connectivity index (χ0n) is 8.26. The monoisotopic (exact) mass is 222 g/mol. The van der Waals surface area contributed by atoms with E-state index in [4.69, 9.17) is 11.6 Å². The molecule has 0 fully saturated rings. The van der Waals surface area contributed by atoms with Crippen LogP contribution in [-0.2, 0) is 7.05 Å². The first-order valence-electron chi connectivity index (χ1n) is 4.60. The number of hydrogen-bond acceptors (Lipinski definition) is 2. The van der Waals surface area contributed by atoms with Crippen LogP contribution in [-0.4, -0.2) is 14.9 Å². The molecule has 78 valence electrons. The Balaban J connectivity index is 2.36. The molecule has 0 amide bonds. The highest BCUT2D eigenvalue weighted by atomic mass is 35.5. The summed E-state index contributed by atoms with van der Waals surface area (Å²) in [5.74, 6) is 0. The predicted octanol–water partition coefficient (Wildman–Crippen LogP) is 2.16. The van der Waals surface area contributed by atoms with E-state index < -0.39 is 6.10 Å². The molecule has 2 rings (SSSR count). The highest BCUT2D eigenvalue weighted by Crippen LogP contribution is 2.23. The summed E-state index contributed by atoms with van der Waals surface area (Å²) in [7, 11) is 1.79. The van der Waals surface area contributed by atoms with Gasteiger partial charge >= 0.3 is 0 Å². The number of aliphatic hydroxyl groups is 1. The van der Waals surface area contributed by atoms with E-state index in [0.717, 1.165) is 11.3 Å². The lowest BCUT2D eigenvalue weighted by Gasteiger charge is -2.11. The van der Waals surface area contributed by atoms with Crippen molar-refractivity contribution in [3.63, 3.8) is 0 Å². The van der Waals surface area contributed by atoms with Gasteiger partial charge < -0.3 is 5.11 Å². The molecule has 15 heavy (non-hydrogen) atoms. The third kappa shape index (κ3) is 2.03. The molecule has 1 atom stereocenters. The quantitative estimate of drug-likeness (QED) is 0.846. The molecule has 0 aliphatic carbocycles. The molecule has 1 unspecified atom stereocenters. The highest BCUT2D eigenvalue weighted by Gasteiger charge is 2.13. The molecular formula is C11H11ClN2O. The third-order valence-corrected chi connectivity index (χ3v) is 2.54. The smallest absolute Gasteiger partial charge is 0.121 e. The number of nitrogens with zero attached hydrogens (tertiary/aromatic N) is 2. The van der Waals surface area contributed by atoms with Crippen LogP contribution in [0.5, 0.6) is 0 Å². The number of benzene rings is 1. The Bertz CT molecular complexity index is 467. The van der Waals surface area contributed by atoms with Gasteiger partial charge in [-0.05, 0) is 23.8 Å². The van der Waals surface area contributed by atoms with Gasteiger partial charge in [0.2, 0.25) is 0 Å². The fourth-order valence-electron chi connectivity index (χ4n) is 1.50. The second kappa shape index (κ2) is 4.04. The number of hydrogen-bond donors (Lipinski definition) is 1. The van der Waals surface area contributed by atoms with Gasteiger partial charge in [-0.15, -0.1) is 0 Å². The van der Waals surface area contributed by atoms with Crippen LogP contribution >= 0.6 is 11.6 Å². The van der Waals surface area contributed by atoms with Crippen molar-refractivity contribution < 1.29 is 5.11 Å². The zero-order chi connectivity index (χ0) is 10.8. The van der Waals surface area contributed by atoms with E-state index >= 15 is 0 Å². The van der Waals surface area contributed by atoms with Crippen molar-refractivity contribution in [3.8, 4) is 0 Å². The van der Waals surface area contributed by atoms with Crippen LogP contribution in [0.25, 0.3) is 0 Å². The van der Waals surface area contributed by atoms with E-state index in [1.165, 1.54) is 0 Å². The van der Waals surface area contributed by atoms with Gasteiger partial charge in [-0.1, -0.05) is 23.7 Å². The van der Waals surface area contributed by atoms with Crippen LogP contribution in [0.1, 0.15) is 17.4 Å². The van der Waals surface area contributed by atoms with Crippen LogP contribution in [0.2, 0.25) is 5.02 Å². The van der Waals surface area contributed by atoms with Gasteiger partial charge in [-0.25, -0.2) is 0 Å². The van der Waals surface area contributed by atoms with Gasteiger partial charge in [0.1, 0.15) is 6.10 Å². The van der Waals surface area contributed by atoms with Crippen molar-refractivity contribution in [2.45, 2.75) is 6.10 Å². The minimum atomic E-state index is -0.684. The number of rotatable bonds is 2. The van der Waals surface area contributed by atoms with Gasteiger partial charge in [0.05, 0.1) is 5.69 Å². The van der Waals surface area contributed by atoms with Crippen molar-refractivity contribution in [2.75, 3.05) is 0 Å².